The van der Waals surface area contributed by atoms with Gasteiger partial charge in [-0.3, -0.25) is 19.3 Å². The molecule has 4 rings (SSSR count). The van der Waals surface area contributed by atoms with Crippen LogP contribution in [0.1, 0.15) is 32.6 Å². The molecule has 0 bridgehead atoms. The molecule has 2 aromatic rings. The molecule has 2 fully saturated rings. The van der Waals surface area contributed by atoms with Gasteiger partial charge in [0, 0.05) is 11.1 Å². The van der Waals surface area contributed by atoms with Gasteiger partial charge in [-0.2, -0.15) is 0 Å². The van der Waals surface area contributed by atoms with Gasteiger partial charge in [-0.1, -0.05) is 49.2 Å². The van der Waals surface area contributed by atoms with E-state index in [0.717, 1.165) is 28.5 Å². The Kier molecular flexibility index (Phi) is 5.15. The third kappa shape index (κ3) is 3.60. The number of anilines is 1. The summed E-state index contributed by atoms with van der Waals surface area (Å²) in [6, 6.07) is 12.5. The molecule has 4 amide bonds. The smallest absolute Gasteiger partial charge is 0.327 e. The summed E-state index contributed by atoms with van der Waals surface area (Å²) < 4.78 is 5.18. The number of carbonyl (C=O) groups excluding carboxylic acids is 4. The molecule has 1 spiro atoms. The fourth-order valence-electron chi connectivity index (χ4n) is 4.12. The first-order valence-electron chi connectivity index (χ1n) is 10.0. The number of amides is 4. The second-order valence-corrected chi connectivity index (χ2v) is 7.76. The summed E-state index contributed by atoms with van der Waals surface area (Å²) in [6.07, 6.45) is 1.78. The number of esters is 1. The summed E-state index contributed by atoms with van der Waals surface area (Å²) >= 11 is 0. The molecule has 1 atom stereocenters. The van der Waals surface area contributed by atoms with Crippen LogP contribution in [0, 0.1) is 0 Å². The lowest BCUT2D eigenvalue weighted by Crippen LogP contribution is -2.44. The summed E-state index contributed by atoms with van der Waals surface area (Å²) in [4.78, 5) is 50.5. The summed E-state index contributed by atoms with van der Waals surface area (Å²) in [5, 5.41) is 7.32. The fourth-order valence-corrected chi connectivity index (χ4v) is 4.12. The van der Waals surface area contributed by atoms with Crippen molar-refractivity contribution in [1.82, 2.24) is 10.2 Å². The minimum absolute atomic E-state index is 0.394. The van der Waals surface area contributed by atoms with Gasteiger partial charge in [-0.15, -0.1) is 0 Å². The van der Waals surface area contributed by atoms with Crippen molar-refractivity contribution < 1.29 is 23.9 Å². The standard InChI is InChI=1S/C22H23N3O5/c1-14(19(27)23-17-10-6-8-15-7-2-3-9-16(15)17)30-18(26)13-25-20(28)22(24-21(25)29)11-4-5-12-22/h2-3,6-10,14H,4-5,11-13H2,1H3,(H,23,27)(H,24,29)/t14-/m0/s1. The first-order chi connectivity index (χ1) is 14.4. The Hall–Kier alpha value is -3.42. The van der Waals surface area contributed by atoms with Crippen LogP contribution in [-0.4, -0.2) is 46.9 Å². The first kappa shape index (κ1) is 19.9. The maximum Gasteiger partial charge on any atom is 0.327 e. The van der Waals surface area contributed by atoms with Crippen LogP contribution in [0.4, 0.5) is 10.5 Å². The molecule has 0 aromatic heterocycles. The van der Waals surface area contributed by atoms with E-state index in [1.165, 1.54) is 6.92 Å². The molecule has 1 heterocycles. The van der Waals surface area contributed by atoms with Crippen LogP contribution in [0.5, 0.6) is 0 Å². The molecule has 8 heteroatoms. The molecule has 2 N–H and O–H groups in total. The van der Waals surface area contributed by atoms with E-state index in [9.17, 15) is 19.2 Å². The van der Waals surface area contributed by atoms with Gasteiger partial charge in [0.1, 0.15) is 12.1 Å². The van der Waals surface area contributed by atoms with Crippen LogP contribution < -0.4 is 10.6 Å². The van der Waals surface area contributed by atoms with Crippen molar-refractivity contribution in [2.45, 2.75) is 44.2 Å². The van der Waals surface area contributed by atoms with E-state index < -0.39 is 42.0 Å². The van der Waals surface area contributed by atoms with E-state index in [4.69, 9.17) is 4.74 Å². The topological polar surface area (TPSA) is 105 Å². The third-order valence-electron chi connectivity index (χ3n) is 5.72. The molecule has 30 heavy (non-hydrogen) atoms. The Labute approximate surface area is 173 Å². The number of hydrogen-bond donors (Lipinski definition) is 2. The third-order valence-corrected chi connectivity index (χ3v) is 5.72. The highest BCUT2D eigenvalue weighted by molar-refractivity contribution is 6.09. The molecule has 1 saturated heterocycles. The molecule has 156 valence electrons. The summed E-state index contributed by atoms with van der Waals surface area (Å²) in [6.45, 7) is 0.932. The summed E-state index contributed by atoms with van der Waals surface area (Å²) in [5.74, 6) is -1.70. The van der Waals surface area contributed by atoms with Crippen LogP contribution in [0.25, 0.3) is 10.8 Å². The molecule has 2 aliphatic rings. The van der Waals surface area contributed by atoms with Gasteiger partial charge in [-0.05, 0) is 31.2 Å². The quantitative estimate of drug-likeness (QED) is 0.583. The number of benzene rings is 2. The first-order valence-corrected chi connectivity index (χ1v) is 10.0. The van der Waals surface area contributed by atoms with E-state index >= 15 is 0 Å². The van der Waals surface area contributed by atoms with Crippen molar-refractivity contribution in [3.8, 4) is 0 Å². The van der Waals surface area contributed by atoms with Crippen LogP contribution in [0.3, 0.4) is 0 Å². The minimum atomic E-state index is -1.09. The summed E-state index contributed by atoms with van der Waals surface area (Å²) in [7, 11) is 0. The molecular weight excluding hydrogens is 386 g/mol. The number of imide groups is 1. The van der Waals surface area contributed by atoms with Crippen LogP contribution in [0.15, 0.2) is 42.5 Å². The normalized spacial score (nSPS) is 18.5. The number of nitrogens with one attached hydrogen (secondary N) is 2. The predicted octanol–water partition coefficient (Wildman–Crippen LogP) is 2.57. The van der Waals surface area contributed by atoms with Crippen LogP contribution in [0.2, 0.25) is 0 Å². The van der Waals surface area contributed by atoms with Crippen LogP contribution >= 0.6 is 0 Å². The number of nitrogens with zero attached hydrogens (tertiary/aromatic N) is 1. The average Bonchev–Trinajstić information content (AvgIpc) is 3.29. The summed E-state index contributed by atoms with van der Waals surface area (Å²) in [5.41, 5.74) is -0.271. The van der Waals surface area contributed by atoms with Gasteiger partial charge < -0.3 is 15.4 Å². The number of ether oxygens (including phenoxy) is 1. The monoisotopic (exact) mass is 409 g/mol. The predicted molar refractivity (Wildman–Crippen MR) is 110 cm³/mol. The zero-order chi connectivity index (χ0) is 21.3. The van der Waals surface area contributed by atoms with Crippen molar-refractivity contribution in [2.24, 2.45) is 0 Å². The van der Waals surface area contributed by atoms with Gasteiger partial charge in [0.05, 0.1) is 0 Å². The lowest BCUT2D eigenvalue weighted by Gasteiger charge is -2.20. The maximum absolute atomic E-state index is 12.6. The molecule has 8 nitrogen and oxygen atoms in total. The van der Waals surface area contributed by atoms with Gasteiger partial charge in [0.25, 0.3) is 11.8 Å². The van der Waals surface area contributed by atoms with Gasteiger partial charge >= 0.3 is 12.0 Å². The van der Waals surface area contributed by atoms with Crippen molar-refractivity contribution in [2.75, 3.05) is 11.9 Å². The fraction of sp³-hybridized carbons (Fsp3) is 0.364. The highest BCUT2D eigenvalue weighted by Gasteiger charge is 2.52. The van der Waals surface area contributed by atoms with Crippen molar-refractivity contribution >= 4 is 40.3 Å². The highest BCUT2D eigenvalue weighted by atomic mass is 16.5. The average molecular weight is 409 g/mol. The molecule has 0 unspecified atom stereocenters. The van der Waals surface area contributed by atoms with Crippen molar-refractivity contribution in [3.05, 3.63) is 42.5 Å². The van der Waals surface area contributed by atoms with E-state index in [0.29, 0.717) is 18.5 Å². The zero-order valence-electron chi connectivity index (χ0n) is 16.6. The Morgan fingerprint density at radius 1 is 1.13 bits per heavy atom. The Balaban J connectivity index is 1.37. The Morgan fingerprint density at radius 3 is 2.60 bits per heavy atom. The Bertz CT molecular complexity index is 1020. The lowest BCUT2D eigenvalue weighted by atomic mass is 9.98. The van der Waals surface area contributed by atoms with Gasteiger partial charge in [-0.25, -0.2) is 4.79 Å². The minimum Gasteiger partial charge on any atom is -0.451 e. The largest absolute Gasteiger partial charge is 0.451 e. The van der Waals surface area contributed by atoms with Crippen LogP contribution in [-0.2, 0) is 19.1 Å². The zero-order valence-corrected chi connectivity index (χ0v) is 16.6. The molecule has 2 aromatic carbocycles. The number of urea groups is 1. The van der Waals surface area contributed by atoms with Crippen molar-refractivity contribution in [3.63, 3.8) is 0 Å². The van der Waals surface area contributed by atoms with Crippen molar-refractivity contribution in [1.29, 1.82) is 0 Å². The Morgan fingerprint density at radius 2 is 1.83 bits per heavy atom. The van der Waals surface area contributed by atoms with E-state index in [-0.39, 0.29) is 0 Å². The number of hydrogen-bond acceptors (Lipinski definition) is 5. The number of carbonyl (C=O) groups is 4. The van der Waals surface area contributed by atoms with Gasteiger partial charge in [0.2, 0.25) is 0 Å². The maximum atomic E-state index is 12.6. The molecule has 1 aliphatic carbocycles. The highest BCUT2D eigenvalue weighted by Crippen LogP contribution is 2.35. The van der Waals surface area contributed by atoms with E-state index in [2.05, 4.69) is 10.6 Å². The number of rotatable bonds is 5. The second-order valence-electron chi connectivity index (χ2n) is 7.76. The molecular formula is C22H23N3O5. The number of fused-ring (bicyclic) bond motifs is 1. The molecule has 1 saturated carbocycles. The second kappa shape index (κ2) is 7.78. The molecule has 0 radical (unpaired) electrons. The SMILES string of the molecule is C[C@H](OC(=O)CN1C(=O)NC2(CCCC2)C1=O)C(=O)Nc1cccc2ccccc12. The molecule has 1 aliphatic heterocycles. The van der Waals surface area contributed by atoms with Gasteiger partial charge in [0.15, 0.2) is 6.10 Å². The van der Waals surface area contributed by atoms with E-state index in [1.54, 1.807) is 6.07 Å². The lowest BCUT2D eigenvalue weighted by molar-refractivity contribution is -0.155. The van der Waals surface area contributed by atoms with E-state index in [1.807, 2.05) is 36.4 Å².